The van der Waals surface area contributed by atoms with Crippen molar-refractivity contribution < 1.29 is 14.0 Å². The minimum Gasteiger partial charge on any atom is -0.341 e. The summed E-state index contributed by atoms with van der Waals surface area (Å²) in [5.41, 5.74) is 1.61. The highest BCUT2D eigenvalue weighted by Gasteiger charge is 2.10. The monoisotopic (exact) mass is 346 g/mol. The minimum atomic E-state index is -0.286. The second kappa shape index (κ2) is 8.49. The van der Waals surface area contributed by atoms with E-state index in [9.17, 15) is 14.0 Å². The summed E-state index contributed by atoms with van der Waals surface area (Å²) in [6, 6.07) is 13.5. The normalized spacial score (nSPS) is 10.3. The van der Waals surface area contributed by atoms with E-state index in [1.165, 1.54) is 30.8 Å². The van der Waals surface area contributed by atoms with Crippen LogP contribution in [0.5, 0.6) is 0 Å². The topological polar surface area (TPSA) is 49.4 Å². The van der Waals surface area contributed by atoms with Gasteiger partial charge in [0.15, 0.2) is 0 Å². The van der Waals surface area contributed by atoms with Crippen molar-refractivity contribution in [2.45, 2.75) is 18.4 Å². The van der Waals surface area contributed by atoms with Crippen molar-refractivity contribution in [2.24, 2.45) is 0 Å². The number of carbonyl (C=O) groups excluding carboxylic acids is 2. The molecule has 0 aliphatic carbocycles. The predicted octanol–water partition coefficient (Wildman–Crippen LogP) is 3.53. The van der Waals surface area contributed by atoms with E-state index in [4.69, 9.17) is 0 Å². The van der Waals surface area contributed by atoms with Gasteiger partial charge < -0.3 is 10.2 Å². The zero-order valence-electron chi connectivity index (χ0n) is 13.6. The first kappa shape index (κ1) is 18.0. The number of nitrogens with one attached hydrogen (secondary N) is 1. The van der Waals surface area contributed by atoms with Crippen LogP contribution in [0.2, 0.25) is 0 Å². The quantitative estimate of drug-likeness (QED) is 0.814. The standard InChI is InChI=1S/C18H19FN2O2S/c1-13(22)20-16-7-9-17(10-8-16)24-12-18(23)21(2)11-14-3-5-15(19)6-4-14/h3-10H,11-12H2,1-2H3,(H,20,22). The third-order valence-electron chi connectivity index (χ3n) is 3.30. The van der Waals surface area contributed by atoms with Crippen LogP contribution < -0.4 is 5.32 Å². The lowest BCUT2D eigenvalue weighted by Crippen LogP contribution is -2.27. The Labute approximate surface area is 145 Å². The first-order chi connectivity index (χ1) is 11.4. The molecule has 0 saturated heterocycles. The number of thioether (sulfide) groups is 1. The van der Waals surface area contributed by atoms with Gasteiger partial charge in [-0.2, -0.15) is 0 Å². The molecule has 2 amide bonds. The lowest BCUT2D eigenvalue weighted by atomic mass is 10.2. The van der Waals surface area contributed by atoms with E-state index in [1.54, 1.807) is 36.2 Å². The number of amides is 2. The molecule has 0 bridgehead atoms. The van der Waals surface area contributed by atoms with Gasteiger partial charge in [0.25, 0.3) is 0 Å². The molecule has 6 heteroatoms. The number of halogens is 1. The molecule has 126 valence electrons. The van der Waals surface area contributed by atoms with Gasteiger partial charge in [-0.3, -0.25) is 9.59 Å². The van der Waals surface area contributed by atoms with Crippen LogP contribution in [0.4, 0.5) is 10.1 Å². The fraction of sp³-hybridized carbons (Fsp3) is 0.222. The number of rotatable bonds is 6. The highest BCUT2D eigenvalue weighted by atomic mass is 32.2. The fourth-order valence-electron chi connectivity index (χ4n) is 2.04. The summed E-state index contributed by atoms with van der Waals surface area (Å²) >= 11 is 1.43. The summed E-state index contributed by atoms with van der Waals surface area (Å²) in [7, 11) is 1.73. The lowest BCUT2D eigenvalue weighted by molar-refractivity contribution is -0.127. The van der Waals surface area contributed by atoms with Crippen LogP contribution in [0.1, 0.15) is 12.5 Å². The van der Waals surface area contributed by atoms with E-state index in [0.717, 1.165) is 16.1 Å². The minimum absolute atomic E-state index is 0.00439. The zero-order valence-corrected chi connectivity index (χ0v) is 14.4. The molecule has 0 saturated carbocycles. The molecular weight excluding hydrogens is 327 g/mol. The molecule has 4 nitrogen and oxygen atoms in total. The van der Waals surface area contributed by atoms with Crippen LogP contribution >= 0.6 is 11.8 Å². The van der Waals surface area contributed by atoms with Crippen molar-refractivity contribution >= 4 is 29.3 Å². The Balaban J connectivity index is 1.83. The van der Waals surface area contributed by atoms with Crippen molar-refractivity contribution in [1.82, 2.24) is 4.90 Å². The molecule has 0 atom stereocenters. The van der Waals surface area contributed by atoms with Crippen molar-refractivity contribution in [1.29, 1.82) is 0 Å². The molecule has 0 radical (unpaired) electrons. The number of carbonyl (C=O) groups is 2. The van der Waals surface area contributed by atoms with E-state index in [2.05, 4.69) is 5.32 Å². The summed E-state index contributed by atoms with van der Waals surface area (Å²) in [4.78, 5) is 25.7. The van der Waals surface area contributed by atoms with Crippen molar-refractivity contribution in [3.8, 4) is 0 Å². The summed E-state index contributed by atoms with van der Waals surface area (Å²) in [5.74, 6) is -0.0915. The molecule has 0 unspecified atom stereocenters. The van der Waals surface area contributed by atoms with Gasteiger partial charge in [0.1, 0.15) is 5.82 Å². The van der Waals surface area contributed by atoms with Crippen molar-refractivity contribution in [3.05, 3.63) is 59.9 Å². The number of anilines is 1. The molecule has 1 N–H and O–H groups in total. The largest absolute Gasteiger partial charge is 0.341 e. The maximum Gasteiger partial charge on any atom is 0.232 e. The number of hydrogen-bond acceptors (Lipinski definition) is 3. The van der Waals surface area contributed by atoms with Crippen LogP contribution in [0, 0.1) is 5.82 Å². The molecule has 2 aromatic rings. The van der Waals surface area contributed by atoms with Crippen LogP contribution in [-0.4, -0.2) is 29.5 Å². The smallest absolute Gasteiger partial charge is 0.232 e. The van der Waals surface area contributed by atoms with Crippen LogP contribution in [-0.2, 0) is 16.1 Å². The average molecular weight is 346 g/mol. The molecule has 0 spiro atoms. The number of benzene rings is 2. The Hall–Kier alpha value is -2.34. The van der Waals surface area contributed by atoms with Gasteiger partial charge in [-0.1, -0.05) is 12.1 Å². The summed E-state index contributed by atoms with van der Waals surface area (Å²) in [5, 5.41) is 2.70. The average Bonchev–Trinajstić information content (AvgIpc) is 2.55. The van der Waals surface area contributed by atoms with E-state index in [-0.39, 0.29) is 17.6 Å². The molecule has 0 aromatic heterocycles. The number of nitrogens with zero attached hydrogens (tertiary/aromatic N) is 1. The third-order valence-corrected chi connectivity index (χ3v) is 4.29. The molecule has 0 aliphatic rings. The van der Waals surface area contributed by atoms with E-state index < -0.39 is 0 Å². The van der Waals surface area contributed by atoms with Gasteiger partial charge in [0.05, 0.1) is 5.75 Å². The van der Waals surface area contributed by atoms with Crippen molar-refractivity contribution in [3.63, 3.8) is 0 Å². The van der Waals surface area contributed by atoms with Crippen molar-refractivity contribution in [2.75, 3.05) is 18.1 Å². The Morgan fingerprint density at radius 1 is 1.08 bits per heavy atom. The van der Waals surface area contributed by atoms with Gasteiger partial charge in [-0.15, -0.1) is 11.8 Å². The Kier molecular flexibility index (Phi) is 6.37. The van der Waals surface area contributed by atoms with Crippen LogP contribution in [0.15, 0.2) is 53.4 Å². The maximum atomic E-state index is 12.9. The number of hydrogen-bond donors (Lipinski definition) is 1. The molecule has 0 aliphatic heterocycles. The maximum absolute atomic E-state index is 12.9. The third kappa shape index (κ3) is 5.70. The lowest BCUT2D eigenvalue weighted by Gasteiger charge is -2.17. The first-order valence-electron chi connectivity index (χ1n) is 7.43. The summed E-state index contributed by atoms with van der Waals surface area (Å²) < 4.78 is 12.9. The second-order valence-electron chi connectivity index (χ2n) is 5.37. The van der Waals surface area contributed by atoms with Gasteiger partial charge in [-0.05, 0) is 42.0 Å². The Morgan fingerprint density at radius 2 is 1.71 bits per heavy atom. The van der Waals surface area contributed by atoms with E-state index >= 15 is 0 Å². The SMILES string of the molecule is CC(=O)Nc1ccc(SCC(=O)N(C)Cc2ccc(F)cc2)cc1. The molecule has 24 heavy (non-hydrogen) atoms. The van der Waals surface area contributed by atoms with Gasteiger partial charge in [0.2, 0.25) is 11.8 Å². The van der Waals surface area contributed by atoms with Crippen LogP contribution in [0.25, 0.3) is 0 Å². The van der Waals surface area contributed by atoms with Crippen LogP contribution in [0.3, 0.4) is 0 Å². The fourth-order valence-corrected chi connectivity index (χ4v) is 2.88. The Bertz CT molecular complexity index is 702. The van der Waals surface area contributed by atoms with Gasteiger partial charge in [0, 0.05) is 31.1 Å². The second-order valence-corrected chi connectivity index (χ2v) is 6.42. The Morgan fingerprint density at radius 3 is 2.29 bits per heavy atom. The predicted molar refractivity (Wildman–Crippen MR) is 94.3 cm³/mol. The molecule has 0 fully saturated rings. The van der Waals surface area contributed by atoms with Gasteiger partial charge in [-0.25, -0.2) is 4.39 Å². The van der Waals surface area contributed by atoms with E-state index in [0.29, 0.717) is 12.3 Å². The summed E-state index contributed by atoms with van der Waals surface area (Å²) in [6.07, 6.45) is 0. The molecule has 0 heterocycles. The van der Waals surface area contributed by atoms with Gasteiger partial charge >= 0.3 is 0 Å². The molecule has 2 aromatic carbocycles. The highest BCUT2D eigenvalue weighted by Crippen LogP contribution is 2.21. The summed E-state index contributed by atoms with van der Waals surface area (Å²) in [6.45, 7) is 1.90. The molecular formula is C18H19FN2O2S. The highest BCUT2D eigenvalue weighted by molar-refractivity contribution is 8.00. The first-order valence-corrected chi connectivity index (χ1v) is 8.41. The van der Waals surface area contributed by atoms with E-state index in [1.807, 2.05) is 12.1 Å². The zero-order chi connectivity index (χ0) is 17.5. The molecule has 2 rings (SSSR count).